The van der Waals surface area contributed by atoms with Gasteiger partial charge in [0.1, 0.15) is 5.54 Å². The second kappa shape index (κ2) is 4.38. The molecule has 2 rings (SSSR count). The van der Waals surface area contributed by atoms with Crippen LogP contribution in [0.3, 0.4) is 0 Å². The van der Waals surface area contributed by atoms with Crippen LogP contribution in [0.2, 0.25) is 0 Å². The summed E-state index contributed by atoms with van der Waals surface area (Å²) >= 11 is 0. The van der Waals surface area contributed by atoms with Crippen molar-refractivity contribution >= 4 is 5.69 Å². The van der Waals surface area contributed by atoms with E-state index in [0.717, 1.165) is 18.7 Å². The molecular formula is C14H19N3. The highest BCUT2D eigenvalue weighted by Crippen LogP contribution is 2.29. The van der Waals surface area contributed by atoms with E-state index < -0.39 is 5.54 Å². The number of anilines is 1. The molecule has 0 bridgehead atoms. The van der Waals surface area contributed by atoms with E-state index in [2.05, 4.69) is 49.3 Å². The predicted molar refractivity (Wildman–Crippen MR) is 69.9 cm³/mol. The number of rotatable bonds is 2. The lowest BCUT2D eigenvalue weighted by Gasteiger charge is -2.23. The lowest BCUT2D eigenvalue weighted by Crippen LogP contribution is -2.39. The fourth-order valence-electron chi connectivity index (χ4n) is 2.50. The molecule has 1 heterocycles. The maximum absolute atomic E-state index is 9.44. The minimum Gasteiger partial charge on any atom is -0.366 e. The quantitative estimate of drug-likeness (QED) is 0.846. The molecule has 1 N–H and O–H groups in total. The van der Waals surface area contributed by atoms with Crippen LogP contribution in [0.25, 0.3) is 0 Å². The van der Waals surface area contributed by atoms with Crippen molar-refractivity contribution in [1.29, 1.82) is 5.26 Å². The Balaban J connectivity index is 2.19. The van der Waals surface area contributed by atoms with Crippen LogP contribution in [0, 0.1) is 18.3 Å². The van der Waals surface area contributed by atoms with E-state index in [4.69, 9.17) is 0 Å². The van der Waals surface area contributed by atoms with Gasteiger partial charge in [0.25, 0.3) is 0 Å². The molecule has 1 saturated heterocycles. The van der Waals surface area contributed by atoms with Crippen molar-refractivity contribution in [2.75, 3.05) is 18.9 Å². The summed E-state index contributed by atoms with van der Waals surface area (Å²) in [7, 11) is 2.07. The van der Waals surface area contributed by atoms with Crippen molar-refractivity contribution in [3.63, 3.8) is 0 Å². The van der Waals surface area contributed by atoms with Gasteiger partial charge in [-0.3, -0.25) is 0 Å². The van der Waals surface area contributed by atoms with Crippen LogP contribution in [0.15, 0.2) is 24.3 Å². The van der Waals surface area contributed by atoms with Gasteiger partial charge in [0, 0.05) is 24.7 Å². The van der Waals surface area contributed by atoms with Crippen LogP contribution in [0.4, 0.5) is 5.69 Å². The molecule has 1 fully saturated rings. The molecule has 90 valence electrons. The first-order valence-electron chi connectivity index (χ1n) is 6.01. The third-order valence-corrected chi connectivity index (χ3v) is 3.53. The van der Waals surface area contributed by atoms with Crippen molar-refractivity contribution in [3.05, 3.63) is 29.8 Å². The number of nitriles is 1. The van der Waals surface area contributed by atoms with Gasteiger partial charge in [0.15, 0.2) is 0 Å². The molecule has 0 aliphatic carbocycles. The highest BCUT2D eigenvalue weighted by molar-refractivity contribution is 5.50. The summed E-state index contributed by atoms with van der Waals surface area (Å²) in [5.74, 6) is 0. The van der Waals surface area contributed by atoms with Gasteiger partial charge in [-0.2, -0.15) is 5.26 Å². The first-order valence-corrected chi connectivity index (χ1v) is 6.01. The summed E-state index contributed by atoms with van der Waals surface area (Å²) in [6.45, 7) is 5.00. The molecule has 2 atom stereocenters. The van der Waals surface area contributed by atoms with E-state index in [1.165, 1.54) is 5.56 Å². The number of hydrogen-bond donors (Lipinski definition) is 1. The smallest absolute Gasteiger partial charge is 0.139 e. The molecule has 1 aromatic carbocycles. The number of benzene rings is 1. The summed E-state index contributed by atoms with van der Waals surface area (Å²) in [6.07, 6.45) is 0.869. The Hall–Kier alpha value is -1.53. The lowest BCUT2D eigenvalue weighted by molar-refractivity contribution is 0.327. The molecule has 0 amide bonds. The SMILES string of the molecule is Cc1cccc(NC2(C#N)CC(C)N(C)C2)c1. The summed E-state index contributed by atoms with van der Waals surface area (Å²) in [4.78, 5) is 2.23. The van der Waals surface area contributed by atoms with Gasteiger partial charge < -0.3 is 10.2 Å². The Morgan fingerprint density at radius 1 is 1.53 bits per heavy atom. The molecular weight excluding hydrogens is 210 g/mol. The molecule has 1 aromatic rings. The van der Waals surface area contributed by atoms with E-state index in [0.29, 0.717) is 6.04 Å². The number of hydrogen-bond acceptors (Lipinski definition) is 3. The van der Waals surface area contributed by atoms with Crippen molar-refractivity contribution in [2.45, 2.75) is 31.8 Å². The standard InChI is InChI=1S/C14H19N3/c1-11-5-4-6-13(7-11)16-14(9-15)8-12(2)17(3)10-14/h4-7,12,16H,8,10H2,1-3H3. The normalized spacial score (nSPS) is 28.9. The molecule has 17 heavy (non-hydrogen) atoms. The summed E-state index contributed by atoms with van der Waals surface area (Å²) in [6, 6.07) is 11.1. The highest BCUT2D eigenvalue weighted by atomic mass is 15.2. The Morgan fingerprint density at radius 3 is 2.82 bits per heavy atom. The molecule has 0 saturated carbocycles. The fraction of sp³-hybridized carbons (Fsp3) is 0.500. The predicted octanol–water partition coefficient (Wildman–Crippen LogP) is 2.39. The molecule has 3 heteroatoms. The van der Waals surface area contributed by atoms with Crippen molar-refractivity contribution in [3.8, 4) is 6.07 Å². The zero-order chi connectivity index (χ0) is 12.5. The van der Waals surface area contributed by atoms with E-state index in [9.17, 15) is 5.26 Å². The Kier molecular flexibility index (Phi) is 3.08. The maximum atomic E-state index is 9.44. The van der Waals surface area contributed by atoms with Crippen LogP contribution >= 0.6 is 0 Å². The average Bonchev–Trinajstić information content (AvgIpc) is 2.55. The van der Waals surface area contributed by atoms with Gasteiger partial charge in [-0.15, -0.1) is 0 Å². The average molecular weight is 229 g/mol. The van der Waals surface area contributed by atoms with Gasteiger partial charge in [-0.05, 0) is 38.6 Å². The van der Waals surface area contributed by atoms with Crippen LogP contribution in [-0.2, 0) is 0 Å². The van der Waals surface area contributed by atoms with Gasteiger partial charge in [-0.25, -0.2) is 0 Å². The largest absolute Gasteiger partial charge is 0.366 e. The minimum absolute atomic E-state index is 0.442. The third kappa shape index (κ3) is 2.42. The van der Waals surface area contributed by atoms with Crippen LogP contribution in [0.1, 0.15) is 18.9 Å². The Bertz CT molecular complexity index is 437. The zero-order valence-corrected chi connectivity index (χ0v) is 10.7. The summed E-state index contributed by atoms with van der Waals surface area (Å²) < 4.78 is 0. The molecule has 3 nitrogen and oxygen atoms in total. The number of nitrogens with one attached hydrogen (secondary N) is 1. The van der Waals surface area contributed by atoms with Gasteiger partial charge in [0.05, 0.1) is 6.07 Å². The maximum Gasteiger partial charge on any atom is 0.139 e. The zero-order valence-electron chi connectivity index (χ0n) is 10.7. The van der Waals surface area contributed by atoms with Gasteiger partial charge >= 0.3 is 0 Å². The van der Waals surface area contributed by atoms with E-state index in [-0.39, 0.29) is 0 Å². The second-order valence-electron chi connectivity index (χ2n) is 5.16. The topological polar surface area (TPSA) is 39.1 Å². The third-order valence-electron chi connectivity index (χ3n) is 3.53. The molecule has 2 unspecified atom stereocenters. The number of likely N-dealkylation sites (tertiary alicyclic amines) is 1. The first-order chi connectivity index (χ1) is 8.04. The van der Waals surface area contributed by atoms with Crippen LogP contribution < -0.4 is 5.32 Å². The molecule has 1 aliphatic heterocycles. The van der Waals surface area contributed by atoms with Crippen LogP contribution in [0.5, 0.6) is 0 Å². The monoisotopic (exact) mass is 229 g/mol. The first kappa shape index (κ1) is 11.9. The van der Waals surface area contributed by atoms with Gasteiger partial charge in [0.2, 0.25) is 0 Å². The lowest BCUT2D eigenvalue weighted by atomic mass is 9.97. The number of likely N-dealkylation sites (N-methyl/N-ethyl adjacent to an activating group) is 1. The molecule has 1 aliphatic rings. The van der Waals surface area contributed by atoms with Crippen LogP contribution in [-0.4, -0.2) is 30.1 Å². The van der Waals surface area contributed by atoms with Gasteiger partial charge in [-0.1, -0.05) is 12.1 Å². The van der Waals surface area contributed by atoms with Crippen molar-refractivity contribution < 1.29 is 0 Å². The minimum atomic E-state index is -0.442. The molecule has 0 radical (unpaired) electrons. The van der Waals surface area contributed by atoms with Crippen molar-refractivity contribution in [2.24, 2.45) is 0 Å². The van der Waals surface area contributed by atoms with Crippen molar-refractivity contribution in [1.82, 2.24) is 4.90 Å². The van der Waals surface area contributed by atoms with E-state index >= 15 is 0 Å². The summed E-state index contributed by atoms with van der Waals surface area (Å²) in [5.41, 5.74) is 1.80. The van der Waals surface area contributed by atoms with E-state index in [1.807, 2.05) is 12.1 Å². The highest BCUT2D eigenvalue weighted by Gasteiger charge is 2.40. The fourth-order valence-corrected chi connectivity index (χ4v) is 2.50. The Morgan fingerprint density at radius 2 is 2.29 bits per heavy atom. The second-order valence-corrected chi connectivity index (χ2v) is 5.16. The number of aryl methyl sites for hydroxylation is 1. The molecule has 0 aromatic heterocycles. The van der Waals surface area contributed by atoms with E-state index in [1.54, 1.807) is 0 Å². The number of nitrogens with zero attached hydrogens (tertiary/aromatic N) is 2. The summed E-state index contributed by atoms with van der Waals surface area (Å²) in [5, 5.41) is 12.8. The molecule has 0 spiro atoms. The Labute approximate surface area is 103 Å².